The lowest BCUT2D eigenvalue weighted by Crippen LogP contribution is -2.20. The molecule has 3 N–H and O–H groups in total. The summed E-state index contributed by atoms with van der Waals surface area (Å²) in [6.45, 7) is 2.73. The van der Waals surface area contributed by atoms with Crippen molar-refractivity contribution >= 4 is 22.1 Å². The number of rotatable bonds is 4. The number of fused-ring (bicyclic) bond motifs is 1. The van der Waals surface area contributed by atoms with E-state index in [-0.39, 0.29) is 6.04 Å². The van der Waals surface area contributed by atoms with Crippen LogP contribution in [-0.2, 0) is 4.74 Å². The second kappa shape index (κ2) is 5.01. The van der Waals surface area contributed by atoms with Crippen molar-refractivity contribution in [2.45, 2.75) is 13.0 Å². The van der Waals surface area contributed by atoms with Gasteiger partial charge in [-0.15, -0.1) is 0 Å². The van der Waals surface area contributed by atoms with Crippen LogP contribution in [0.15, 0.2) is 30.6 Å². The molecule has 90 valence electrons. The van der Waals surface area contributed by atoms with Gasteiger partial charge in [0.2, 0.25) is 0 Å². The molecule has 0 amide bonds. The summed E-state index contributed by atoms with van der Waals surface area (Å²) >= 11 is 0. The summed E-state index contributed by atoms with van der Waals surface area (Å²) < 4.78 is 5.11. The molecule has 1 aromatic heterocycles. The Morgan fingerprint density at radius 3 is 2.94 bits per heavy atom. The van der Waals surface area contributed by atoms with Crippen molar-refractivity contribution in [1.29, 1.82) is 0 Å². The van der Waals surface area contributed by atoms with Gasteiger partial charge in [-0.05, 0) is 25.1 Å². The lowest BCUT2D eigenvalue weighted by atomic mass is 10.1. The molecule has 0 aliphatic carbocycles. The molecule has 1 aromatic carbocycles. The van der Waals surface area contributed by atoms with E-state index in [0.29, 0.717) is 6.61 Å². The third-order valence-corrected chi connectivity index (χ3v) is 2.67. The molecule has 1 heterocycles. The summed E-state index contributed by atoms with van der Waals surface area (Å²) in [6, 6.07) is 6.05. The maximum atomic E-state index is 5.93. The number of nitrogens with two attached hydrogens (primary N) is 1. The molecule has 4 heteroatoms. The molecule has 0 saturated carbocycles. The predicted molar refractivity (Wildman–Crippen MR) is 71.1 cm³/mol. The zero-order valence-electron chi connectivity index (χ0n) is 10.1. The van der Waals surface area contributed by atoms with Crippen LogP contribution in [0.2, 0.25) is 0 Å². The van der Waals surface area contributed by atoms with Crippen LogP contribution >= 0.6 is 0 Å². The number of aromatic nitrogens is 1. The van der Waals surface area contributed by atoms with E-state index in [0.717, 1.165) is 22.1 Å². The van der Waals surface area contributed by atoms with Crippen LogP contribution < -0.4 is 11.1 Å². The first-order valence-corrected chi connectivity index (χ1v) is 5.60. The molecule has 4 nitrogen and oxygen atoms in total. The Bertz CT molecular complexity index is 513. The van der Waals surface area contributed by atoms with Crippen molar-refractivity contribution in [1.82, 2.24) is 4.98 Å². The highest BCUT2D eigenvalue weighted by molar-refractivity contribution is 6.00. The minimum absolute atomic E-state index is 0.243. The Hall–Kier alpha value is -1.81. The summed E-state index contributed by atoms with van der Waals surface area (Å²) in [4.78, 5) is 4.14. The average molecular weight is 231 g/mol. The van der Waals surface area contributed by atoms with E-state index in [2.05, 4.69) is 17.2 Å². The summed E-state index contributed by atoms with van der Waals surface area (Å²) in [5.74, 6) is 0. The Morgan fingerprint density at radius 2 is 2.18 bits per heavy atom. The lowest BCUT2D eigenvalue weighted by molar-refractivity contribution is 0.190. The number of hydrogen-bond donors (Lipinski definition) is 2. The molecule has 0 radical (unpaired) electrons. The van der Waals surface area contributed by atoms with Crippen molar-refractivity contribution in [3.05, 3.63) is 30.6 Å². The molecule has 0 bridgehead atoms. The quantitative estimate of drug-likeness (QED) is 0.792. The molecule has 2 aromatic rings. The fourth-order valence-corrected chi connectivity index (χ4v) is 1.90. The molecule has 0 aliphatic heterocycles. The number of nitrogens with zero attached hydrogens (tertiary/aromatic N) is 1. The van der Waals surface area contributed by atoms with Crippen molar-refractivity contribution in [2.24, 2.45) is 0 Å². The monoisotopic (exact) mass is 231 g/mol. The number of anilines is 2. The first-order chi connectivity index (χ1) is 8.22. The number of nitrogens with one attached hydrogen (secondary N) is 1. The van der Waals surface area contributed by atoms with Gasteiger partial charge in [0.25, 0.3) is 0 Å². The van der Waals surface area contributed by atoms with Crippen molar-refractivity contribution in [3.8, 4) is 0 Å². The van der Waals surface area contributed by atoms with E-state index in [1.807, 2.05) is 24.4 Å². The van der Waals surface area contributed by atoms with Crippen molar-refractivity contribution < 1.29 is 4.74 Å². The minimum atomic E-state index is 0.243. The summed E-state index contributed by atoms with van der Waals surface area (Å²) in [7, 11) is 1.70. The van der Waals surface area contributed by atoms with Crippen LogP contribution in [0.25, 0.3) is 10.8 Å². The first-order valence-electron chi connectivity index (χ1n) is 5.60. The maximum Gasteiger partial charge on any atom is 0.0661 e. The lowest BCUT2D eigenvalue weighted by Gasteiger charge is -2.16. The maximum absolute atomic E-state index is 5.93. The van der Waals surface area contributed by atoms with E-state index < -0.39 is 0 Å². The van der Waals surface area contributed by atoms with Crippen LogP contribution in [0, 0.1) is 0 Å². The van der Waals surface area contributed by atoms with Crippen molar-refractivity contribution in [2.75, 3.05) is 24.8 Å². The normalized spacial score (nSPS) is 12.6. The van der Waals surface area contributed by atoms with Crippen LogP contribution in [-0.4, -0.2) is 24.7 Å². The fraction of sp³-hybridized carbons (Fsp3) is 0.308. The van der Waals surface area contributed by atoms with E-state index in [1.165, 1.54) is 0 Å². The fourth-order valence-electron chi connectivity index (χ4n) is 1.90. The molecule has 1 unspecified atom stereocenters. The zero-order chi connectivity index (χ0) is 12.3. The Kier molecular flexibility index (Phi) is 3.44. The standard InChI is InChI=1S/C13H17N3O/c1-9(8-17-2)16-13-4-3-12(14)10-5-6-15-7-11(10)13/h3-7,9,16H,8,14H2,1-2H3. The number of hydrogen-bond acceptors (Lipinski definition) is 4. The summed E-state index contributed by atoms with van der Waals surface area (Å²) in [5.41, 5.74) is 7.74. The van der Waals surface area contributed by atoms with Gasteiger partial charge in [0.05, 0.1) is 6.61 Å². The average Bonchev–Trinajstić information content (AvgIpc) is 2.34. The number of ether oxygens (including phenoxy) is 1. The van der Waals surface area contributed by atoms with Gasteiger partial charge in [-0.1, -0.05) is 0 Å². The minimum Gasteiger partial charge on any atom is -0.398 e. The highest BCUT2D eigenvalue weighted by Gasteiger charge is 2.06. The Balaban J connectivity index is 2.38. The van der Waals surface area contributed by atoms with Gasteiger partial charge < -0.3 is 15.8 Å². The molecule has 2 rings (SSSR count). The first kappa shape index (κ1) is 11.7. The molecule has 0 aliphatic rings. The van der Waals surface area contributed by atoms with Gasteiger partial charge in [0.15, 0.2) is 0 Å². The molecule has 0 fully saturated rings. The highest BCUT2D eigenvalue weighted by atomic mass is 16.5. The van der Waals surface area contributed by atoms with Crippen LogP contribution in [0.1, 0.15) is 6.92 Å². The number of benzene rings is 1. The molecule has 17 heavy (non-hydrogen) atoms. The zero-order valence-corrected chi connectivity index (χ0v) is 10.1. The van der Waals surface area contributed by atoms with Gasteiger partial charge in [-0.2, -0.15) is 0 Å². The van der Waals surface area contributed by atoms with Gasteiger partial charge in [-0.25, -0.2) is 0 Å². The molecule has 1 atom stereocenters. The third-order valence-electron chi connectivity index (χ3n) is 2.67. The predicted octanol–water partition coefficient (Wildman–Crippen LogP) is 2.26. The van der Waals surface area contributed by atoms with Gasteiger partial charge in [0.1, 0.15) is 0 Å². The summed E-state index contributed by atoms with van der Waals surface area (Å²) in [6.07, 6.45) is 3.58. The van der Waals surface area contributed by atoms with E-state index in [9.17, 15) is 0 Å². The number of methoxy groups -OCH3 is 1. The summed E-state index contributed by atoms with van der Waals surface area (Å²) in [5, 5.41) is 5.45. The topological polar surface area (TPSA) is 60.2 Å². The smallest absolute Gasteiger partial charge is 0.0661 e. The van der Waals surface area contributed by atoms with Gasteiger partial charge in [-0.3, -0.25) is 4.98 Å². The second-order valence-electron chi connectivity index (χ2n) is 4.12. The van der Waals surface area contributed by atoms with E-state index >= 15 is 0 Å². The largest absolute Gasteiger partial charge is 0.398 e. The molecular formula is C13H17N3O. The second-order valence-corrected chi connectivity index (χ2v) is 4.12. The molecular weight excluding hydrogens is 214 g/mol. The highest BCUT2D eigenvalue weighted by Crippen LogP contribution is 2.27. The Morgan fingerprint density at radius 1 is 1.35 bits per heavy atom. The SMILES string of the molecule is COCC(C)Nc1ccc(N)c2ccncc12. The van der Waals surface area contributed by atoms with Crippen LogP contribution in [0.4, 0.5) is 11.4 Å². The Labute approximate surface area is 101 Å². The van der Waals surface area contributed by atoms with Gasteiger partial charge >= 0.3 is 0 Å². The third kappa shape index (κ3) is 2.47. The molecule has 0 saturated heterocycles. The number of nitrogen functional groups attached to an aromatic ring is 1. The van der Waals surface area contributed by atoms with Crippen LogP contribution in [0.3, 0.4) is 0 Å². The van der Waals surface area contributed by atoms with Crippen LogP contribution in [0.5, 0.6) is 0 Å². The number of pyridine rings is 1. The van der Waals surface area contributed by atoms with Crippen molar-refractivity contribution in [3.63, 3.8) is 0 Å². The van der Waals surface area contributed by atoms with E-state index in [4.69, 9.17) is 10.5 Å². The van der Waals surface area contributed by atoms with E-state index in [1.54, 1.807) is 13.3 Å². The van der Waals surface area contributed by atoms with Gasteiger partial charge in [0, 0.05) is 47.7 Å². The molecule has 0 spiro atoms.